The van der Waals surface area contributed by atoms with Gasteiger partial charge < -0.3 is 20.5 Å². The van der Waals surface area contributed by atoms with E-state index in [-0.39, 0.29) is 19.1 Å². The molecule has 8 heteroatoms. The highest BCUT2D eigenvalue weighted by Gasteiger charge is 2.46. The van der Waals surface area contributed by atoms with E-state index in [4.69, 9.17) is 4.74 Å². The molecule has 3 unspecified atom stereocenters. The monoisotopic (exact) mass is 555 g/mol. The van der Waals surface area contributed by atoms with Gasteiger partial charge >= 0.3 is 12.1 Å². The van der Waals surface area contributed by atoms with Crippen LogP contribution in [0.15, 0.2) is 78.9 Å². The summed E-state index contributed by atoms with van der Waals surface area (Å²) in [7, 11) is 1.88. The van der Waals surface area contributed by atoms with Crippen molar-refractivity contribution in [1.82, 2.24) is 15.5 Å². The van der Waals surface area contributed by atoms with E-state index >= 15 is 0 Å². The Balaban J connectivity index is 1.28. The van der Waals surface area contributed by atoms with Crippen LogP contribution in [0.3, 0.4) is 0 Å². The molecular formula is C33H37N3O5. The van der Waals surface area contributed by atoms with E-state index in [0.717, 1.165) is 27.8 Å². The Morgan fingerprint density at radius 2 is 1.59 bits per heavy atom. The van der Waals surface area contributed by atoms with Crippen LogP contribution in [-0.4, -0.2) is 60.3 Å². The molecule has 3 aromatic carbocycles. The molecule has 5 rings (SSSR count). The summed E-state index contributed by atoms with van der Waals surface area (Å²) in [6, 6.07) is 24.6. The number of likely N-dealkylation sites (N-methyl/N-ethyl adjacent to an activating group) is 1. The number of nitrogens with zero attached hydrogens (tertiary/aromatic N) is 1. The van der Waals surface area contributed by atoms with Crippen molar-refractivity contribution in [2.45, 2.75) is 50.7 Å². The van der Waals surface area contributed by atoms with Crippen LogP contribution in [0.1, 0.15) is 48.8 Å². The van der Waals surface area contributed by atoms with Crippen LogP contribution in [0.5, 0.6) is 0 Å². The van der Waals surface area contributed by atoms with Gasteiger partial charge in [-0.1, -0.05) is 85.3 Å². The third-order valence-corrected chi connectivity index (χ3v) is 8.50. The molecule has 2 aliphatic carbocycles. The average molecular weight is 556 g/mol. The van der Waals surface area contributed by atoms with Gasteiger partial charge in [-0.3, -0.25) is 14.5 Å². The van der Waals surface area contributed by atoms with Crippen molar-refractivity contribution >= 4 is 18.0 Å². The summed E-state index contributed by atoms with van der Waals surface area (Å²) >= 11 is 0. The van der Waals surface area contributed by atoms with Crippen LogP contribution >= 0.6 is 0 Å². The highest BCUT2D eigenvalue weighted by Crippen LogP contribution is 2.44. The topological polar surface area (TPSA) is 108 Å². The van der Waals surface area contributed by atoms with Crippen molar-refractivity contribution in [3.05, 3.63) is 95.6 Å². The van der Waals surface area contributed by atoms with Crippen molar-refractivity contribution < 1.29 is 24.2 Å². The van der Waals surface area contributed by atoms with Crippen LogP contribution in [0.2, 0.25) is 0 Å². The summed E-state index contributed by atoms with van der Waals surface area (Å²) in [5.74, 6) is -1.45. The van der Waals surface area contributed by atoms with E-state index in [1.807, 2.05) is 66.5 Å². The first-order valence-electron chi connectivity index (χ1n) is 14.1. The van der Waals surface area contributed by atoms with Gasteiger partial charge in [-0.2, -0.15) is 0 Å². The number of carboxylic acid groups (broad SMARTS) is 1. The molecule has 1 saturated carbocycles. The summed E-state index contributed by atoms with van der Waals surface area (Å²) in [5, 5.41) is 15.5. The molecule has 0 spiro atoms. The Morgan fingerprint density at radius 3 is 2.22 bits per heavy atom. The number of nitrogens with one attached hydrogen (secondary N) is 2. The van der Waals surface area contributed by atoms with Crippen molar-refractivity contribution in [3.63, 3.8) is 0 Å². The van der Waals surface area contributed by atoms with Crippen LogP contribution in [-0.2, 0) is 20.9 Å². The minimum Gasteiger partial charge on any atom is -0.481 e. The summed E-state index contributed by atoms with van der Waals surface area (Å²) in [6.07, 6.45) is 1.09. The minimum atomic E-state index is -1.04. The van der Waals surface area contributed by atoms with Crippen molar-refractivity contribution in [2.75, 3.05) is 20.2 Å². The van der Waals surface area contributed by atoms with Gasteiger partial charge in [-0.05, 0) is 54.6 Å². The second kappa shape index (κ2) is 12.1. The highest BCUT2D eigenvalue weighted by molar-refractivity contribution is 5.87. The number of rotatable bonds is 10. The van der Waals surface area contributed by atoms with Gasteiger partial charge in [0, 0.05) is 25.0 Å². The highest BCUT2D eigenvalue weighted by atomic mass is 16.5. The predicted molar refractivity (Wildman–Crippen MR) is 156 cm³/mol. The fourth-order valence-corrected chi connectivity index (χ4v) is 6.17. The molecule has 0 aliphatic heterocycles. The molecule has 0 saturated heterocycles. The zero-order valence-corrected chi connectivity index (χ0v) is 23.5. The zero-order chi connectivity index (χ0) is 29.0. The lowest BCUT2D eigenvalue weighted by Gasteiger charge is -2.30. The number of carbonyl (C=O) groups is 3. The number of fused-ring (bicyclic) bond motifs is 3. The van der Waals surface area contributed by atoms with E-state index < -0.39 is 35.5 Å². The van der Waals surface area contributed by atoms with Gasteiger partial charge in [0.05, 0.1) is 5.41 Å². The first-order chi connectivity index (χ1) is 19.8. The molecule has 0 bridgehead atoms. The fraction of sp³-hybridized carbons (Fsp3) is 0.364. The molecule has 0 radical (unpaired) electrons. The number of ether oxygens (including phenoxy) is 1. The standard InChI is InChI=1S/C33H37N3O5/c1-33(31(38)39)18-10-17-29(33)35-30(37)28(20-36(2)19-22-11-4-3-5-12-22)34-32(40)41-21-27-25-15-8-6-13-23(25)24-14-7-9-16-26(24)27/h3-9,11-16,27-29H,10,17-21H2,1-2H3,(H,34,40)(H,35,37)(H,38,39). The lowest BCUT2D eigenvalue weighted by atomic mass is 9.85. The third-order valence-electron chi connectivity index (χ3n) is 8.50. The van der Waals surface area contributed by atoms with Crippen LogP contribution in [0.4, 0.5) is 4.79 Å². The smallest absolute Gasteiger partial charge is 0.407 e. The van der Waals surface area contributed by atoms with E-state index in [2.05, 4.69) is 34.9 Å². The molecule has 3 aromatic rings. The quantitative estimate of drug-likeness (QED) is 0.332. The number of amides is 2. The second-order valence-electron chi connectivity index (χ2n) is 11.4. The Bertz CT molecular complexity index is 1370. The molecule has 0 aromatic heterocycles. The number of hydrogen-bond acceptors (Lipinski definition) is 5. The molecule has 2 aliphatic rings. The second-order valence-corrected chi connectivity index (χ2v) is 11.4. The Kier molecular flexibility index (Phi) is 8.40. The summed E-state index contributed by atoms with van der Waals surface area (Å²) < 4.78 is 5.73. The van der Waals surface area contributed by atoms with Crippen molar-refractivity contribution in [3.8, 4) is 11.1 Å². The Labute approximate surface area is 240 Å². The maximum atomic E-state index is 13.5. The lowest BCUT2D eigenvalue weighted by molar-refractivity contribution is -0.149. The molecule has 41 heavy (non-hydrogen) atoms. The normalized spacial score (nSPS) is 20.2. The van der Waals surface area contributed by atoms with E-state index in [1.165, 1.54) is 0 Å². The van der Waals surface area contributed by atoms with Gasteiger partial charge in [0.1, 0.15) is 12.6 Å². The van der Waals surface area contributed by atoms with Crippen molar-refractivity contribution in [1.29, 1.82) is 0 Å². The van der Waals surface area contributed by atoms with E-state index in [1.54, 1.807) is 6.92 Å². The van der Waals surface area contributed by atoms with Crippen molar-refractivity contribution in [2.24, 2.45) is 5.41 Å². The summed E-state index contributed by atoms with van der Waals surface area (Å²) in [4.78, 5) is 40.6. The Morgan fingerprint density at radius 1 is 0.976 bits per heavy atom. The SMILES string of the molecule is CN(Cc1ccccc1)CC(NC(=O)OCC1c2ccccc2-c2ccccc21)C(=O)NC1CCCC1(C)C(=O)O. The van der Waals surface area contributed by atoms with Gasteiger partial charge in [0.25, 0.3) is 0 Å². The number of carboxylic acids is 1. The van der Waals surface area contributed by atoms with Gasteiger partial charge in [0.2, 0.25) is 5.91 Å². The van der Waals surface area contributed by atoms with Crippen LogP contribution < -0.4 is 10.6 Å². The molecule has 1 fully saturated rings. The minimum absolute atomic E-state index is 0.101. The fourth-order valence-electron chi connectivity index (χ4n) is 6.17. The predicted octanol–water partition coefficient (Wildman–Crippen LogP) is 4.79. The van der Waals surface area contributed by atoms with Crippen LogP contribution in [0.25, 0.3) is 11.1 Å². The van der Waals surface area contributed by atoms with Crippen LogP contribution in [0, 0.1) is 5.41 Å². The first kappa shape index (κ1) is 28.4. The number of carbonyl (C=O) groups excluding carboxylic acids is 2. The van der Waals surface area contributed by atoms with Gasteiger partial charge in [0.15, 0.2) is 0 Å². The largest absolute Gasteiger partial charge is 0.481 e. The molecular weight excluding hydrogens is 518 g/mol. The molecule has 2 amide bonds. The maximum absolute atomic E-state index is 13.5. The summed E-state index contributed by atoms with van der Waals surface area (Å²) in [5.41, 5.74) is 4.51. The van der Waals surface area contributed by atoms with Gasteiger partial charge in [-0.15, -0.1) is 0 Å². The number of benzene rings is 3. The number of hydrogen-bond donors (Lipinski definition) is 3. The molecule has 214 valence electrons. The zero-order valence-electron chi connectivity index (χ0n) is 23.5. The number of alkyl carbamates (subject to hydrolysis) is 1. The lowest BCUT2D eigenvalue weighted by Crippen LogP contribution is -2.56. The van der Waals surface area contributed by atoms with E-state index in [9.17, 15) is 19.5 Å². The maximum Gasteiger partial charge on any atom is 0.407 e. The molecule has 8 nitrogen and oxygen atoms in total. The molecule has 0 heterocycles. The number of aliphatic carboxylic acids is 1. The first-order valence-corrected chi connectivity index (χ1v) is 14.1. The van der Waals surface area contributed by atoms with Gasteiger partial charge in [-0.25, -0.2) is 4.79 Å². The van der Waals surface area contributed by atoms with E-state index in [0.29, 0.717) is 25.8 Å². The molecule has 3 N–H and O–H groups in total. The summed E-state index contributed by atoms with van der Waals surface area (Å²) in [6.45, 7) is 2.60. The molecule has 3 atom stereocenters. The third kappa shape index (κ3) is 6.12. The average Bonchev–Trinajstić information content (AvgIpc) is 3.50. The Hall–Kier alpha value is -4.17.